The number of ether oxygens (including phenoxy) is 1. The molecule has 3 heterocycles. The van der Waals surface area contributed by atoms with Gasteiger partial charge in [-0.05, 0) is 18.2 Å². The van der Waals surface area contributed by atoms with E-state index in [1.54, 1.807) is 41.2 Å². The van der Waals surface area contributed by atoms with Gasteiger partial charge in [0.15, 0.2) is 11.5 Å². The van der Waals surface area contributed by atoms with E-state index in [0.717, 1.165) is 0 Å². The highest BCUT2D eigenvalue weighted by Crippen LogP contribution is 2.25. The summed E-state index contributed by atoms with van der Waals surface area (Å²) in [6.45, 7) is 1.73. The van der Waals surface area contributed by atoms with E-state index >= 15 is 0 Å². The topological polar surface area (TPSA) is 114 Å². The van der Waals surface area contributed by atoms with Crippen LogP contribution in [-0.4, -0.2) is 75.0 Å². The molecule has 3 aromatic rings. The lowest BCUT2D eigenvalue weighted by molar-refractivity contribution is 0.0515. The predicted molar refractivity (Wildman–Crippen MR) is 108 cm³/mol. The molecule has 0 aliphatic carbocycles. The maximum atomic E-state index is 12.8. The summed E-state index contributed by atoms with van der Waals surface area (Å²) in [5.41, 5.74) is 0.823. The van der Waals surface area contributed by atoms with Gasteiger partial charge in [-0.1, -0.05) is 23.4 Å². The summed E-state index contributed by atoms with van der Waals surface area (Å²) in [4.78, 5) is 28.4. The van der Waals surface area contributed by atoms with E-state index in [-0.39, 0.29) is 29.8 Å². The van der Waals surface area contributed by atoms with E-state index in [4.69, 9.17) is 9.15 Å². The first-order chi connectivity index (χ1) is 15.1. The van der Waals surface area contributed by atoms with Crippen LogP contribution in [0.4, 0.5) is 0 Å². The zero-order valence-electron chi connectivity index (χ0n) is 17.0. The molecule has 162 valence electrons. The number of aliphatic hydroxyl groups is 1. The Kier molecular flexibility index (Phi) is 5.99. The lowest BCUT2D eigenvalue weighted by Crippen LogP contribution is -2.50. The Hall–Kier alpha value is -3.66. The van der Waals surface area contributed by atoms with Crippen molar-refractivity contribution in [2.24, 2.45) is 0 Å². The maximum Gasteiger partial charge on any atom is 0.289 e. The number of benzene rings is 1. The van der Waals surface area contributed by atoms with Crippen molar-refractivity contribution in [1.29, 1.82) is 0 Å². The Morgan fingerprint density at radius 2 is 1.81 bits per heavy atom. The summed E-state index contributed by atoms with van der Waals surface area (Å²) >= 11 is 0. The number of aliphatic hydroxyl groups excluding tert-OH is 1. The zero-order chi connectivity index (χ0) is 21.8. The van der Waals surface area contributed by atoms with Gasteiger partial charge in [0.25, 0.3) is 11.8 Å². The van der Waals surface area contributed by atoms with Gasteiger partial charge in [-0.2, -0.15) is 0 Å². The Balaban J connectivity index is 1.35. The number of rotatable bonds is 6. The molecule has 0 saturated carbocycles. The van der Waals surface area contributed by atoms with E-state index < -0.39 is 6.10 Å². The van der Waals surface area contributed by atoms with Crippen molar-refractivity contribution in [3.05, 3.63) is 65.9 Å². The molecule has 0 radical (unpaired) electrons. The molecule has 1 N–H and O–H groups in total. The third kappa shape index (κ3) is 4.43. The van der Waals surface area contributed by atoms with Gasteiger partial charge in [0, 0.05) is 31.7 Å². The monoisotopic (exact) mass is 425 g/mol. The summed E-state index contributed by atoms with van der Waals surface area (Å²) in [6.07, 6.45) is 2.11. The molecule has 31 heavy (non-hydrogen) atoms. The van der Waals surface area contributed by atoms with Crippen molar-refractivity contribution in [3.63, 3.8) is 0 Å². The third-order valence-corrected chi connectivity index (χ3v) is 5.20. The van der Waals surface area contributed by atoms with Crippen molar-refractivity contribution in [2.45, 2.75) is 12.6 Å². The summed E-state index contributed by atoms with van der Waals surface area (Å²) in [5.74, 6) is 0.418. The van der Waals surface area contributed by atoms with Gasteiger partial charge in [-0.25, -0.2) is 4.68 Å². The molecule has 0 spiro atoms. The smallest absolute Gasteiger partial charge is 0.289 e. The van der Waals surface area contributed by atoms with E-state index in [1.165, 1.54) is 17.1 Å². The number of carbonyl (C=O) groups is 2. The highest BCUT2D eigenvalue weighted by Gasteiger charge is 2.28. The van der Waals surface area contributed by atoms with Crippen LogP contribution in [0.25, 0.3) is 0 Å². The first-order valence-electron chi connectivity index (χ1n) is 9.90. The number of hydrogen-bond acceptors (Lipinski definition) is 7. The molecule has 4 rings (SSSR count). The van der Waals surface area contributed by atoms with Crippen molar-refractivity contribution in [3.8, 4) is 5.75 Å². The molecule has 1 aromatic carbocycles. The maximum absolute atomic E-state index is 12.8. The number of hydrogen-bond donors (Lipinski definition) is 1. The van der Waals surface area contributed by atoms with Crippen LogP contribution in [0.1, 0.15) is 32.7 Å². The first kappa shape index (κ1) is 20.6. The van der Waals surface area contributed by atoms with Gasteiger partial charge in [-0.3, -0.25) is 9.59 Å². The molecule has 1 atom stereocenters. The number of amides is 2. The van der Waals surface area contributed by atoms with Crippen LogP contribution in [0.5, 0.6) is 5.75 Å². The van der Waals surface area contributed by atoms with Crippen LogP contribution >= 0.6 is 0 Å². The fourth-order valence-corrected chi connectivity index (χ4v) is 3.53. The molecule has 10 heteroatoms. The Labute approximate surface area is 178 Å². The van der Waals surface area contributed by atoms with Crippen LogP contribution in [0, 0.1) is 0 Å². The van der Waals surface area contributed by atoms with Crippen LogP contribution < -0.4 is 4.74 Å². The van der Waals surface area contributed by atoms with E-state index in [1.807, 2.05) is 12.1 Å². The lowest BCUT2D eigenvalue weighted by Gasteiger charge is -2.33. The number of carbonyl (C=O) groups excluding carboxylic acids is 2. The summed E-state index contributed by atoms with van der Waals surface area (Å²) in [6, 6.07) is 10.5. The highest BCUT2D eigenvalue weighted by molar-refractivity contribution is 5.93. The largest absolute Gasteiger partial charge is 0.496 e. The number of aromatic nitrogens is 3. The highest BCUT2D eigenvalue weighted by atomic mass is 16.5. The van der Waals surface area contributed by atoms with Crippen LogP contribution in [0.3, 0.4) is 0 Å². The van der Waals surface area contributed by atoms with E-state index in [2.05, 4.69) is 10.3 Å². The van der Waals surface area contributed by atoms with Crippen LogP contribution in [0.15, 0.2) is 53.3 Å². The van der Waals surface area contributed by atoms with Gasteiger partial charge < -0.3 is 24.1 Å². The van der Waals surface area contributed by atoms with E-state index in [9.17, 15) is 14.7 Å². The van der Waals surface area contributed by atoms with E-state index in [0.29, 0.717) is 37.5 Å². The molecule has 1 aliphatic heterocycles. The summed E-state index contributed by atoms with van der Waals surface area (Å²) in [7, 11) is 1.54. The number of methoxy groups -OCH3 is 1. The molecule has 10 nitrogen and oxygen atoms in total. The minimum atomic E-state index is -0.864. The van der Waals surface area contributed by atoms with Crippen LogP contribution in [-0.2, 0) is 6.54 Å². The Morgan fingerprint density at radius 3 is 2.48 bits per heavy atom. The zero-order valence-corrected chi connectivity index (χ0v) is 17.0. The van der Waals surface area contributed by atoms with Gasteiger partial charge in [0.2, 0.25) is 0 Å². The first-order valence-corrected chi connectivity index (χ1v) is 9.90. The number of para-hydroxylation sites is 1. The fraction of sp³-hybridized carbons (Fsp3) is 0.333. The minimum Gasteiger partial charge on any atom is -0.496 e. The van der Waals surface area contributed by atoms with Crippen molar-refractivity contribution >= 4 is 11.8 Å². The van der Waals surface area contributed by atoms with Gasteiger partial charge in [-0.15, -0.1) is 5.10 Å². The average molecular weight is 425 g/mol. The van der Waals surface area contributed by atoms with Gasteiger partial charge in [0.05, 0.1) is 26.1 Å². The number of furan rings is 1. The Morgan fingerprint density at radius 1 is 1.10 bits per heavy atom. The quantitative estimate of drug-likeness (QED) is 0.631. The third-order valence-electron chi connectivity index (χ3n) is 5.20. The SMILES string of the molecule is COc1ccccc1C(O)Cn1cc(C(=O)N2CCN(C(=O)c3ccco3)CC2)nn1. The second-order valence-electron chi connectivity index (χ2n) is 7.15. The standard InChI is InChI=1S/C21H23N5O5/c1-30-18-6-3-2-5-15(18)17(27)14-26-13-16(22-23-26)20(28)24-8-10-25(11-9-24)21(29)19-7-4-12-31-19/h2-7,12-13,17,27H,8-11,14H2,1H3. The van der Waals surface area contributed by atoms with Crippen molar-refractivity contribution in [2.75, 3.05) is 33.3 Å². The average Bonchev–Trinajstić information content (AvgIpc) is 3.51. The molecule has 2 amide bonds. The Bertz CT molecular complexity index is 1040. The molecule has 1 unspecified atom stereocenters. The fourth-order valence-electron chi connectivity index (χ4n) is 3.53. The second-order valence-corrected chi connectivity index (χ2v) is 7.15. The summed E-state index contributed by atoms with van der Waals surface area (Å²) < 4.78 is 11.9. The number of piperazine rings is 1. The van der Waals surface area contributed by atoms with Gasteiger partial charge in [0.1, 0.15) is 11.9 Å². The molecule has 1 fully saturated rings. The molecular weight excluding hydrogens is 402 g/mol. The molecule has 0 bridgehead atoms. The molecular formula is C21H23N5O5. The minimum absolute atomic E-state index is 0.131. The normalized spacial score (nSPS) is 15.0. The van der Waals surface area contributed by atoms with Crippen molar-refractivity contribution in [1.82, 2.24) is 24.8 Å². The second kappa shape index (κ2) is 9.00. The molecule has 2 aromatic heterocycles. The number of nitrogens with zero attached hydrogens (tertiary/aromatic N) is 5. The van der Waals surface area contributed by atoms with Gasteiger partial charge >= 0.3 is 0 Å². The summed E-state index contributed by atoms with van der Waals surface area (Å²) in [5, 5.41) is 18.5. The predicted octanol–water partition coefficient (Wildman–Crippen LogP) is 1.21. The lowest BCUT2D eigenvalue weighted by atomic mass is 10.1. The molecule has 1 saturated heterocycles. The van der Waals surface area contributed by atoms with Crippen molar-refractivity contribution < 1.29 is 23.8 Å². The molecule has 1 aliphatic rings. The van der Waals surface area contributed by atoms with Crippen LogP contribution in [0.2, 0.25) is 0 Å².